The second-order valence-corrected chi connectivity index (χ2v) is 7.53. The second kappa shape index (κ2) is 7.75. The van der Waals surface area contributed by atoms with Crippen LogP contribution in [0.4, 0.5) is 0 Å². The molecule has 1 saturated heterocycles. The summed E-state index contributed by atoms with van der Waals surface area (Å²) in [5.41, 5.74) is 1.39. The molecule has 2 nitrogen and oxygen atoms in total. The van der Waals surface area contributed by atoms with E-state index in [0.29, 0.717) is 6.04 Å². The van der Waals surface area contributed by atoms with Gasteiger partial charge < -0.3 is 10.6 Å². The van der Waals surface area contributed by atoms with Crippen molar-refractivity contribution >= 4 is 15.9 Å². The van der Waals surface area contributed by atoms with Crippen molar-refractivity contribution < 1.29 is 0 Å². The first-order valence-corrected chi connectivity index (χ1v) is 9.33. The highest BCUT2D eigenvalue weighted by Crippen LogP contribution is 2.30. The summed E-state index contributed by atoms with van der Waals surface area (Å²) in [6.07, 6.45) is 9.70. The molecule has 3 rings (SSSR count). The van der Waals surface area contributed by atoms with Gasteiger partial charge in [-0.3, -0.25) is 0 Å². The van der Waals surface area contributed by atoms with E-state index < -0.39 is 0 Å². The third kappa shape index (κ3) is 4.30. The van der Waals surface area contributed by atoms with Crippen molar-refractivity contribution in [3.8, 4) is 0 Å². The molecule has 1 aromatic carbocycles. The normalized spacial score (nSPS) is 30.2. The molecular weight excluding hydrogens is 324 g/mol. The SMILES string of the molecule is Brc1ccc(CNC2CCCCC2C2CCCCN2)cc1. The molecule has 1 aliphatic heterocycles. The standard InChI is InChI=1S/C18H27BrN2/c19-15-10-8-14(9-11-15)13-21-18-6-2-1-5-16(18)17-7-3-4-12-20-17/h8-11,16-18,20-21H,1-7,12-13H2. The van der Waals surface area contributed by atoms with Gasteiger partial charge in [-0.25, -0.2) is 0 Å². The quantitative estimate of drug-likeness (QED) is 0.848. The maximum atomic E-state index is 3.85. The Morgan fingerprint density at radius 3 is 2.52 bits per heavy atom. The van der Waals surface area contributed by atoms with Crippen LogP contribution < -0.4 is 10.6 Å². The summed E-state index contributed by atoms with van der Waals surface area (Å²) >= 11 is 3.51. The molecule has 3 heteroatoms. The van der Waals surface area contributed by atoms with Crippen LogP contribution in [0.2, 0.25) is 0 Å². The fourth-order valence-corrected chi connectivity index (χ4v) is 4.25. The van der Waals surface area contributed by atoms with Crippen molar-refractivity contribution in [3.63, 3.8) is 0 Å². The maximum Gasteiger partial charge on any atom is 0.0208 e. The van der Waals surface area contributed by atoms with E-state index in [9.17, 15) is 0 Å². The van der Waals surface area contributed by atoms with Crippen molar-refractivity contribution in [3.05, 3.63) is 34.3 Å². The fraction of sp³-hybridized carbons (Fsp3) is 0.667. The number of nitrogens with one attached hydrogen (secondary N) is 2. The molecule has 21 heavy (non-hydrogen) atoms. The smallest absolute Gasteiger partial charge is 0.0208 e. The zero-order valence-electron chi connectivity index (χ0n) is 12.8. The van der Waals surface area contributed by atoms with Crippen LogP contribution in [-0.4, -0.2) is 18.6 Å². The molecule has 0 spiro atoms. The Kier molecular flexibility index (Phi) is 5.73. The Hall–Kier alpha value is -0.380. The van der Waals surface area contributed by atoms with Gasteiger partial charge >= 0.3 is 0 Å². The zero-order chi connectivity index (χ0) is 14.5. The maximum absolute atomic E-state index is 3.85. The summed E-state index contributed by atoms with van der Waals surface area (Å²) in [7, 11) is 0. The molecule has 0 bridgehead atoms. The van der Waals surface area contributed by atoms with Gasteiger partial charge in [-0.15, -0.1) is 0 Å². The van der Waals surface area contributed by atoms with Gasteiger partial charge in [-0.05, 0) is 55.8 Å². The lowest BCUT2D eigenvalue weighted by Gasteiger charge is -2.40. The number of hydrogen-bond acceptors (Lipinski definition) is 2. The molecule has 2 aliphatic rings. The molecule has 116 valence electrons. The Morgan fingerprint density at radius 2 is 1.76 bits per heavy atom. The monoisotopic (exact) mass is 350 g/mol. The molecule has 1 heterocycles. The summed E-state index contributed by atoms with van der Waals surface area (Å²) in [6.45, 7) is 2.22. The van der Waals surface area contributed by atoms with Crippen LogP contribution in [0.3, 0.4) is 0 Å². The first-order chi connectivity index (χ1) is 10.3. The van der Waals surface area contributed by atoms with Crippen molar-refractivity contribution in [2.24, 2.45) is 5.92 Å². The molecule has 3 atom stereocenters. The number of halogens is 1. The predicted octanol–water partition coefficient (Wildman–Crippen LogP) is 4.24. The van der Waals surface area contributed by atoms with Gasteiger partial charge in [0, 0.05) is 23.1 Å². The zero-order valence-corrected chi connectivity index (χ0v) is 14.4. The third-order valence-corrected chi connectivity index (χ3v) is 5.69. The summed E-state index contributed by atoms with van der Waals surface area (Å²) in [4.78, 5) is 0. The Labute approximate surface area is 137 Å². The van der Waals surface area contributed by atoms with Crippen molar-refractivity contribution in [1.29, 1.82) is 0 Å². The van der Waals surface area contributed by atoms with Crippen LogP contribution >= 0.6 is 15.9 Å². The minimum atomic E-state index is 0.693. The van der Waals surface area contributed by atoms with E-state index in [1.807, 2.05) is 0 Å². The van der Waals surface area contributed by atoms with Crippen LogP contribution in [0.1, 0.15) is 50.5 Å². The summed E-state index contributed by atoms with van der Waals surface area (Å²) in [6, 6.07) is 10.1. The lowest BCUT2D eigenvalue weighted by atomic mass is 9.77. The molecule has 1 aromatic rings. The minimum Gasteiger partial charge on any atom is -0.314 e. The van der Waals surface area contributed by atoms with Gasteiger partial charge in [0.05, 0.1) is 0 Å². The number of piperidine rings is 1. The van der Waals surface area contributed by atoms with E-state index in [-0.39, 0.29) is 0 Å². The number of hydrogen-bond donors (Lipinski definition) is 2. The summed E-state index contributed by atoms with van der Waals surface area (Å²) in [5, 5.41) is 7.63. The lowest BCUT2D eigenvalue weighted by Crippen LogP contribution is -2.50. The highest BCUT2D eigenvalue weighted by molar-refractivity contribution is 9.10. The van der Waals surface area contributed by atoms with E-state index in [1.54, 1.807) is 0 Å². The predicted molar refractivity (Wildman–Crippen MR) is 92.4 cm³/mol. The van der Waals surface area contributed by atoms with Gasteiger partial charge in [-0.1, -0.05) is 47.3 Å². The molecule has 2 N–H and O–H groups in total. The molecule has 1 saturated carbocycles. The van der Waals surface area contributed by atoms with Gasteiger partial charge in [0.15, 0.2) is 0 Å². The van der Waals surface area contributed by atoms with Crippen molar-refractivity contribution in [1.82, 2.24) is 10.6 Å². The molecule has 1 aliphatic carbocycles. The van der Waals surface area contributed by atoms with Crippen molar-refractivity contribution in [2.75, 3.05) is 6.54 Å². The highest BCUT2D eigenvalue weighted by Gasteiger charge is 2.31. The van der Waals surface area contributed by atoms with E-state index in [4.69, 9.17) is 0 Å². The first kappa shape index (κ1) is 15.5. The highest BCUT2D eigenvalue weighted by atomic mass is 79.9. The average molecular weight is 351 g/mol. The van der Waals surface area contributed by atoms with E-state index in [0.717, 1.165) is 23.0 Å². The molecule has 0 aromatic heterocycles. The first-order valence-electron chi connectivity index (χ1n) is 8.54. The second-order valence-electron chi connectivity index (χ2n) is 6.62. The van der Waals surface area contributed by atoms with Crippen LogP contribution in [0.25, 0.3) is 0 Å². The fourth-order valence-electron chi connectivity index (χ4n) is 3.99. The van der Waals surface area contributed by atoms with Crippen LogP contribution in [0.5, 0.6) is 0 Å². The molecule has 3 unspecified atom stereocenters. The van der Waals surface area contributed by atoms with Gasteiger partial charge in [0.1, 0.15) is 0 Å². The Balaban J connectivity index is 1.57. The number of benzene rings is 1. The van der Waals surface area contributed by atoms with E-state index in [2.05, 4.69) is 50.8 Å². The number of rotatable bonds is 4. The third-order valence-electron chi connectivity index (χ3n) is 5.17. The van der Waals surface area contributed by atoms with Gasteiger partial charge in [0.2, 0.25) is 0 Å². The topological polar surface area (TPSA) is 24.1 Å². The molecular formula is C18H27BrN2. The van der Waals surface area contributed by atoms with Gasteiger partial charge in [0.25, 0.3) is 0 Å². The minimum absolute atomic E-state index is 0.693. The Bertz CT molecular complexity index is 425. The van der Waals surface area contributed by atoms with E-state index >= 15 is 0 Å². The lowest BCUT2D eigenvalue weighted by molar-refractivity contribution is 0.181. The van der Waals surface area contributed by atoms with E-state index in [1.165, 1.54) is 57.1 Å². The summed E-state index contributed by atoms with van der Waals surface area (Å²) < 4.78 is 1.16. The molecule has 0 radical (unpaired) electrons. The average Bonchev–Trinajstić information content (AvgIpc) is 2.55. The van der Waals surface area contributed by atoms with Crippen LogP contribution in [-0.2, 0) is 6.54 Å². The Morgan fingerprint density at radius 1 is 1.00 bits per heavy atom. The molecule has 0 amide bonds. The van der Waals surface area contributed by atoms with Crippen LogP contribution in [0, 0.1) is 5.92 Å². The largest absolute Gasteiger partial charge is 0.314 e. The summed E-state index contributed by atoms with van der Waals surface area (Å²) in [5.74, 6) is 0.828. The molecule has 2 fully saturated rings. The van der Waals surface area contributed by atoms with Crippen LogP contribution in [0.15, 0.2) is 28.7 Å². The van der Waals surface area contributed by atoms with Gasteiger partial charge in [-0.2, -0.15) is 0 Å². The van der Waals surface area contributed by atoms with Crippen molar-refractivity contribution in [2.45, 2.75) is 63.6 Å².